The van der Waals surface area contributed by atoms with E-state index < -0.39 is 170 Å². The van der Waals surface area contributed by atoms with Crippen LogP contribution in [0.5, 0.6) is 34.5 Å². The maximum atomic E-state index is 12.4. The van der Waals surface area contributed by atoms with Crippen molar-refractivity contribution in [1.82, 2.24) is 16.0 Å². The van der Waals surface area contributed by atoms with Gasteiger partial charge in [0.05, 0.1) is 60.8 Å². The molecule has 4 heterocycles. The first-order valence-electron chi connectivity index (χ1n) is 36.9. The zero-order valence-corrected chi connectivity index (χ0v) is 75.5. The van der Waals surface area contributed by atoms with Crippen LogP contribution in [0.3, 0.4) is 0 Å². The summed E-state index contributed by atoms with van der Waals surface area (Å²) < 4.78 is 50.2. The number of aromatic carboxylic acids is 2. The van der Waals surface area contributed by atoms with Crippen molar-refractivity contribution in [2.24, 2.45) is 0 Å². The van der Waals surface area contributed by atoms with E-state index in [2.05, 4.69) is 88.6 Å². The number of carbonyl (C=O) groups excluding carboxylic acids is 9. The molecule has 37 nitrogen and oxygen atoms in total. The fourth-order valence-electron chi connectivity index (χ4n) is 10.7. The van der Waals surface area contributed by atoms with Crippen LogP contribution in [0, 0.1) is 0 Å². The molecule has 8 aromatic carbocycles. The first kappa shape index (κ1) is 103. The van der Waals surface area contributed by atoms with Crippen LogP contribution in [0.15, 0.2) is 225 Å². The molecule has 0 radical (unpaired) electrons. The lowest BCUT2D eigenvalue weighted by Gasteiger charge is -2.19. The monoisotopic (exact) mass is 2040 g/mol. The van der Waals surface area contributed by atoms with Crippen LogP contribution in [0.25, 0.3) is 66.1 Å². The van der Waals surface area contributed by atoms with Gasteiger partial charge in [-0.2, -0.15) is 0 Å². The van der Waals surface area contributed by atoms with E-state index in [0.29, 0.717) is 29.0 Å². The summed E-state index contributed by atoms with van der Waals surface area (Å²) in [6.07, 6.45) is -0.312. The van der Waals surface area contributed by atoms with Gasteiger partial charge in [0, 0.05) is 18.1 Å². The van der Waals surface area contributed by atoms with Crippen LogP contribution in [0.2, 0.25) is 0 Å². The number of aliphatic carboxylic acids is 1. The quantitative estimate of drug-likeness (QED) is 0.0133. The Hall–Kier alpha value is -14.8. The topological polar surface area (TPSA) is 579 Å². The highest BCUT2D eigenvalue weighted by atomic mass is 79.9. The minimum Gasteiger partial charge on any atom is -0.506 e. The van der Waals surface area contributed by atoms with Crippen molar-refractivity contribution in [3.05, 3.63) is 263 Å². The smallest absolute Gasteiger partial charge is 0.354 e. The summed E-state index contributed by atoms with van der Waals surface area (Å²) in [5.74, 6) is -12.6. The molecule has 0 unspecified atom stereocenters. The number of hydrogen-bond acceptors (Lipinski definition) is 31. The van der Waals surface area contributed by atoms with Gasteiger partial charge in [-0.15, -0.1) is 0 Å². The normalized spacial score (nSPS) is 10.5. The fourth-order valence-corrected chi connectivity index (χ4v) is 12.4. The van der Waals surface area contributed by atoms with E-state index >= 15 is 0 Å². The van der Waals surface area contributed by atoms with Gasteiger partial charge < -0.3 is 103 Å². The number of ether oxygens (including phenoxy) is 6. The van der Waals surface area contributed by atoms with E-state index in [1.54, 1.807) is 120 Å². The molecule has 0 spiro atoms. The van der Waals surface area contributed by atoms with Crippen molar-refractivity contribution < 1.29 is 144 Å². The molecule has 0 aliphatic heterocycles. The number of carboxylic acid groups (broad SMARTS) is 3. The fraction of sp³-hybridized carbons (Fsp3) is 0.182. The number of aromatic hydroxyl groups is 5. The average molecular weight is 2040 g/mol. The highest BCUT2D eigenvalue weighted by Crippen LogP contribution is 2.38. The molecule has 41 heteroatoms. The number of amides is 3. The van der Waals surface area contributed by atoms with Gasteiger partial charge in [-0.1, -0.05) is 109 Å². The number of rotatable bonds is 17. The summed E-state index contributed by atoms with van der Waals surface area (Å²) in [6.45, 7) is 9.80. The van der Waals surface area contributed by atoms with Gasteiger partial charge in [-0.25, -0.2) is 33.6 Å². The van der Waals surface area contributed by atoms with Gasteiger partial charge in [0.25, 0.3) is 17.7 Å². The maximum Gasteiger partial charge on any atom is 0.354 e. The molecule has 12 rings (SSSR count). The van der Waals surface area contributed by atoms with E-state index in [1.807, 2.05) is 66.0 Å². The number of carboxylic acids is 3. The molecule has 4 aromatic heterocycles. The lowest BCUT2D eigenvalue weighted by molar-refractivity contribution is -0.154. The first-order chi connectivity index (χ1) is 60.7. The van der Waals surface area contributed by atoms with E-state index in [9.17, 15) is 97.1 Å². The van der Waals surface area contributed by atoms with Gasteiger partial charge in [0.2, 0.25) is 0 Å². The van der Waals surface area contributed by atoms with Crippen molar-refractivity contribution in [3.63, 3.8) is 0 Å². The van der Waals surface area contributed by atoms with Crippen molar-refractivity contribution in [3.8, 4) is 56.8 Å². The SMILES string of the molecule is CC(=O)Oc1c(Br)cccc1C(=O)O.CC(C)(C)OC(=O)CNC(=O)c1c(O)c2cccc(-c3ccccc3)c2oc1=O.CC(C)(C)OC(=O)CNC(=O)c1c(O)c2cccc(Br)c2oc1=O.COC(=O)CC(=O)OC.COC(=O)c1c(O)c2cccc(Br)c2oc1=O.O=C(O)CNC(=O)c1c(O)c2cccc(-c3ccccc3)c2oc1=O.O=C(O)c1cccc(Br)c1O. The third-order valence-corrected chi connectivity index (χ3v) is 18.7. The Labute approximate surface area is 761 Å². The van der Waals surface area contributed by atoms with Crippen molar-refractivity contribution in [2.45, 2.75) is 66.1 Å². The van der Waals surface area contributed by atoms with Crippen molar-refractivity contribution in [2.75, 3.05) is 41.0 Å². The van der Waals surface area contributed by atoms with Gasteiger partial charge in [-0.05, 0) is 177 Å². The van der Waals surface area contributed by atoms with E-state index in [-0.39, 0.29) is 72.9 Å². The predicted molar refractivity (Wildman–Crippen MR) is 474 cm³/mol. The summed E-state index contributed by atoms with van der Waals surface area (Å²) in [4.78, 5) is 182. The lowest BCUT2D eigenvalue weighted by atomic mass is 10.0. The van der Waals surface area contributed by atoms with E-state index in [4.69, 9.17) is 52.3 Å². The van der Waals surface area contributed by atoms with Crippen LogP contribution in [-0.4, -0.2) is 164 Å². The lowest BCUT2D eigenvalue weighted by Crippen LogP contribution is -2.36. The second-order valence-electron chi connectivity index (χ2n) is 27.7. The van der Waals surface area contributed by atoms with Crippen LogP contribution in [-0.2, 0) is 52.5 Å². The molecule has 0 fully saturated rings. The molecule has 3 amide bonds. The van der Waals surface area contributed by atoms with Crippen LogP contribution >= 0.6 is 63.7 Å². The van der Waals surface area contributed by atoms with Gasteiger partial charge in [-0.3, -0.25) is 43.2 Å². The highest BCUT2D eigenvalue weighted by Gasteiger charge is 2.29. The Bertz CT molecular complexity index is 6520. The number of esters is 6. The van der Waals surface area contributed by atoms with Crippen molar-refractivity contribution in [1.29, 1.82) is 0 Å². The number of hydrogen-bond donors (Lipinski definition) is 11. The molecule has 11 N–H and O–H groups in total. The summed E-state index contributed by atoms with van der Waals surface area (Å²) in [6, 6.07) is 46.8. The van der Waals surface area contributed by atoms with E-state index in [0.717, 1.165) is 18.2 Å². The molecular weight excluding hydrogens is 1960 g/mol. The zero-order valence-electron chi connectivity index (χ0n) is 69.2. The maximum absolute atomic E-state index is 12.4. The molecule has 0 atom stereocenters. The Balaban J connectivity index is 0.000000239. The Morgan fingerprint density at radius 1 is 0.357 bits per heavy atom. The predicted octanol–water partition coefficient (Wildman–Crippen LogP) is 13.2. The van der Waals surface area contributed by atoms with Crippen LogP contribution in [0.1, 0.15) is 117 Å². The Kier molecular flexibility index (Phi) is 37.5. The summed E-state index contributed by atoms with van der Waals surface area (Å²) in [5.41, 5.74) is -4.40. The molecule has 0 saturated carbocycles. The Morgan fingerprint density at radius 3 is 1.02 bits per heavy atom. The number of benzene rings is 8. The second-order valence-corrected chi connectivity index (χ2v) is 31.1. The average Bonchev–Trinajstić information content (AvgIpc) is 0.778. The first-order valence-corrected chi connectivity index (χ1v) is 40.0. The number of carbonyl (C=O) groups is 12. The zero-order chi connectivity index (χ0) is 96.2. The highest BCUT2D eigenvalue weighted by molar-refractivity contribution is 9.11. The Morgan fingerprint density at radius 2 is 0.674 bits per heavy atom. The van der Waals surface area contributed by atoms with Gasteiger partial charge in [0.15, 0.2) is 39.2 Å². The van der Waals surface area contributed by atoms with Crippen LogP contribution in [0.4, 0.5) is 0 Å². The minimum atomic E-state index is -1.27. The third kappa shape index (κ3) is 28.8. The number of nitrogens with one attached hydrogen (secondary N) is 3. The minimum absolute atomic E-state index is 0.0347. The van der Waals surface area contributed by atoms with Crippen LogP contribution < -0.4 is 43.2 Å². The molecule has 0 aliphatic carbocycles. The molecule has 0 bridgehead atoms. The van der Waals surface area contributed by atoms with Gasteiger partial charge in [0.1, 0.15) is 88.3 Å². The number of para-hydroxylation sites is 6. The molecular formula is C88H77Br4N3O34. The number of halogens is 4. The third-order valence-electron chi connectivity index (χ3n) is 16.2. The number of fused-ring (bicyclic) bond motifs is 4. The molecule has 129 heavy (non-hydrogen) atoms. The summed E-state index contributed by atoms with van der Waals surface area (Å²) in [5, 5.41) is 83.5. The standard InChI is InChI=1S/C22H21NO6.C18H13NO6.C16H16BrNO6.C11H7BrO5.C9H7BrO4.C7H5BrO3.C5H8O4/c1-22(2,3)29-16(24)12-23-20(26)17-18(25)15-11-7-10-14(19(15)28-21(17)27)13-8-5-4-6-9-13;20-13(21)9-19-17(23)14-15(22)12-8-4-7-11(16(12)25-18(14)24)10-5-2-1-3-6-10;1-16(2,3)24-10(19)7-18-14(21)11-12(20)8-5-4-6-9(17)13(8)23-15(11)22;1-16-10(14)7-8(13)5-3-2-4-6(12)9(5)17-11(7)15;1-5(11)14-8-6(9(12)13)3-2-4-7(8)10;8-5-3-1-2-4(6(5)9)7(10)11;1-8-4(6)3-5(7)9-2/h4-11,25H,12H2,1-3H3,(H,23,26);1-8,22H,9H2,(H,19,23)(H,20,21);4-6,20H,7H2,1-3H3,(H,18,21);2-4,13H,1H3;2-4H,1H3,(H,12,13);1-3,9H,(H,10,11);3H2,1-2H3. The number of phenols is 1. The molecule has 0 saturated heterocycles. The second kappa shape index (κ2) is 46.9. The van der Waals surface area contributed by atoms with Gasteiger partial charge >= 0.3 is 76.2 Å². The number of methoxy groups -OCH3 is 3. The molecule has 676 valence electrons. The summed E-state index contributed by atoms with van der Waals surface area (Å²) in [7, 11) is 3.54. The van der Waals surface area contributed by atoms with E-state index in [1.165, 1.54) is 51.5 Å². The summed E-state index contributed by atoms with van der Waals surface area (Å²) >= 11 is 12.5. The molecule has 12 aromatic rings. The molecule has 0 aliphatic rings. The van der Waals surface area contributed by atoms with Crippen molar-refractivity contribution >= 4 is 179 Å². The largest absolute Gasteiger partial charge is 0.506 e.